The van der Waals surface area contributed by atoms with Crippen molar-refractivity contribution in [3.8, 4) is 0 Å². The molecule has 0 aliphatic carbocycles. The average molecular weight is 226 g/mol. The number of rotatable bonds is 4. The average Bonchev–Trinajstić information content (AvgIpc) is 2.37. The van der Waals surface area contributed by atoms with Gasteiger partial charge in [0.25, 0.3) is 0 Å². The van der Waals surface area contributed by atoms with Crippen LogP contribution in [0.5, 0.6) is 0 Å². The molecule has 4 N–H and O–H groups in total. The Hall–Kier alpha value is -1.80. The van der Waals surface area contributed by atoms with Crippen molar-refractivity contribution >= 4 is 5.69 Å². The quantitative estimate of drug-likeness (QED) is 0.788. The van der Waals surface area contributed by atoms with Crippen LogP contribution in [0.2, 0.25) is 0 Å². The Labute approximate surface area is 102 Å². The third kappa shape index (κ3) is 3.33. The van der Waals surface area contributed by atoms with Gasteiger partial charge in [0.05, 0.1) is 0 Å². The van der Waals surface area contributed by atoms with Gasteiger partial charge in [-0.15, -0.1) is 0 Å². The topological polar surface area (TPSA) is 52.0 Å². The molecule has 2 heteroatoms. The lowest BCUT2D eigenvalue weighted by Crippen LogP contribution is -2.11. The third-order valence-electron chi connectivity index (χ3n) is 2.93. The standard InChI is InChI=1S/C15H18N2/c16-14-8-4-7-13(11-14)15(17)10-9-12-5-2-1-3-6-12/h1-8,11,15H,9-10,16-17H2. The molecule has 2 nitrogen and oxygen atoms in total. The monoisotopic (exact) mass is 226 g/mol. The smallest absolute Gasteiger partial charge is 0.0317 e. The molecule has 0 aromatic heterocycles. The summed E-state index contributed by atoms with van der Waals surface area (Å²) in [5, 5.41) is 0. The predicted octanol–water partition coefficient (Wildman–Crippen LogP) is 2.90. The first-order chi connectivity index (χ1) is 8.25. The number of benzene rings is 2. The van der Waals surface area contributed by atoms with Crippen LogP contribution in [0.15, 0.2) is 54.6 Å². The van der Waals surface area contributed by atoms with Gasteiger partial charge < -0.3 is 11.5 Å². The molecule has 0 aliphatic heterocycles. The molecule has 0 aliphatic rings. The summed E-state index contributed by atoms with van der Waals surface area (Å²) < 4.78 is 0. The molecule has 2 aromatic rings. The first-order valence-corrected chi connectivity index (χ1v) is 5.90. The predicted molar refractivity (Wildman–Crippen MR) is 72.5 cm³/mol. The molecular formula is C15H18N2. The maximum Gasteiger partial charge on any atom is 0.0317 e. The number of nitrogen functional groups attached to an aromatic ring is 1. The first kappa shape index (κ1) is 11.7. The van der Waals surface area contributed by atoms with E-state index in [1.807, 2.05) is 30.3 Å². The maximum atomic E-state index is 6.16. The van der Waals surface area contributed by atoms with Crippen LogP contribution in [-0.2, 0) is 6.42 Å². The summed E-state index contributed by atoms with van der Waals surface area (Å²) in [7, 11) is 0. The van der Waals surface area contributed by atoms with Gasteiger partial charge in [0.2, 0.25) is 0 Å². The second-order valence-electron chi connectivity index (χ2n) is 4.30. The van der Waals surface area contributed by atoms with Crippen LogP contribution < -0.4 is 11.5 Å². The minimum absolute atomic E-state index is 0.0544. The summed E-state index contributed by atoms with van der Waals surface area (Å²) in [6.07, 6.45) is 1.93. The molecule has 0 saturated carbocycles. The van der Waals surface area contributed by atoms with Crippen LogP contribution in [0.1, 0.15) is 23.6 Å². The maximum absolute atomic E-state index is 6.16. The lowest BCUT2D eigenvalue weighted by molar-refractivity contribution is 0.651. The van der Waals surface area contributed by atoms with Gasteiger partial charge >= 0.3 is 0 Å². The largest absolute Gasteiger partial charge is 0.399 e. The Morgan fingerprint density at radius 2 is 1.71 bits per heavy atom. The zero-order valence-electron chi connectivity index (χ0n) is 9.84. The normalized spacial score (nSPS) is 12.3. The van der Waals surface area contributed by atoms with Crippen LogP contribution in [0.4, 0.5) is 5.69 Å². The van der Waals surface area contributed by atoms with E-state index in [4.69, 9.17) is 11.5 Å². The van der Waals surface area contributed by atoms with Crippen molar-refractivity contribution in [2.24, 2.45) is 5.73 Å². The van der Waals surface area contributed by atoms with Crippen LogP contribution in [0, 0.1) is 0 Å². The van der Waals surface area contributed by atoms with Gasteiger partial charge in [0, 0.05) is 11.7 Å². The van der Waals surface area contributed by atoms with Gasteiger partial charge in [0.1, 0.15) is 0 Å². The van der Waals surface area contributed by atoms with E-state index >= 15 is 0 Å². The van der Waals surface area contributed by atoms with E-state index in [9.17, 15) is 0 Å². The summed E-state index contributed by atoms with van der Waals surface area (Å²) in [6.45, 7) is 0. The highest BCUT2D eigenvalue weighted by molar-refractivity contribution is 5.41. The molecule has 0 saturated heterocycles. The molecule has 0 spiro atoms. The molecule has 2 rings (SSSR count). The second kappa shape index (κ2) is 5.51. The van der Waals surface area contributed by atoms with Gasteiger partial charge in [-0.2, -0.15) is 0 Å². The van der Waals surface area contributed by atoms with Crippen LogP contribution in [0.25, 0.3) is 0 Å². The third-order valence-corrected chi connectivity index (χ3v) is 2.93. The van der Waals surface area contributed by atoms with Crippen molar-refractivity contribution in [1.29, 1.82) is 0 Å². The van der Waals surface area contributed by atoms with Crippen molar-refractivity contribution in [2.75, 3.05) is 5.73 Å². The fourth-order valence-corrected chi connectivity index (χ4v) is 1.92. The van der Waals surface area contributed by atoms with Gasteiger partial charge in [-0.05, 0) is 36.1 Å². The van der Waals surface area contributed by atoms with Gasteiger partial charge in [-0.3, -0.25) is 0 Å². The van der Waals surface area contributed by atoms with E-state index in [-0.39, 0.29) is 6.04 Å². The second-order valence-corrected chi connectivity index (χ2v) is 4.30. The number of hydrogen-bond donors (Lipinski definition) is 2. The van der Waals surface area contributed by atoms with Gasteiger partial charge in [0.15, 0.2) is 0 Å². The molecule has 2 aromatic carbocycles. The number of anilines is 1. The highest BCUT2D eigenvalue weighted by atomic mass is 14.6. The highest BCUT2D eigenvalue weighted by Gasteiger charge is 2.06. The summed E-state index contributed by atoms with van der Waals surface area (Å²) >= 11 is 0. The van der Waals surface area contributed by atoms with Crippen LogP contribution in [0.3, 0.4) is 0 Å². The molecular weight excluding hydrogens is 208 g/mol. The van der Waals surface area contributed by atoms with Crippen LogP contribution in [-0.4, -0.2) is 0 Å². The summed E-state index contributed by atoms with van der Waals surface area (Å²) in [5.41, 5.74) is 15.1. The Kier molecular flexibility index (Phi) is 3.78. The zero-order chi connectivity index (χ0) is 12.1. The number of nitrogens with two attached hydrogens (primary N) is 2. The molecule has 1 atom stereocenters. The Bertz CT molecular complexity index is 465. The Balaban J connectivity index is 1.96. The zero-order valence-corrected chi connectivity index (χ0v) is 9.84. The van der Waals surface area contributed by atoms with Crippen LogP contribution >= 0.6 is 0 Å². The first-order valence-electron chi connectivity index (χ1n) is 5.90. The molecule has 0 amide bonds. The summed E-state index contributed by atoms with van der Waals surface area (Å²) in [6, 6.07) is 18.3. The molecule has 0 radical (unpaired) electrons. The van der Waals surface area contributed by atoms with E-state index in [0.29, 0.717) is 0 Å². The van der Waals surface area contributed by atoms with E-state index < -0.39 is 0 Å². The lowest BCUT2D eigenvalue weighted by Gasteiger charge is -2.12. The van der Waals surface area contributed by atoms with E-state index in [1.54, 1.807) is 0 Å². The summed E-state index contributed by atoms with van der Waals surface area (Å²) in [4.78, 5) is 0. The Morgan fingerprint density at radius 3 is 2.41 bits per heavy atom. The summed E-state index contributed by atoms with van der Waals surface area (Å²) in [5.74, 6) is 0. The van der Waals surface area contributed by atoms with Gasteiger partial charge in [-0.1, -0.05) is 42.5 Å². The molecule has 0 heterocycles. The van der Waals surface area contributed by atoms with E-state index in [2.05, 4.69) is 24.3 Å². The minimum Gasteiger partial charge on any atom is -0.399 e. The lowest BCUT2D eigenvalue weighted by atomic mass is 9.99. The molecule has 17 heavy (non-hydrogen) atoms. The fourth-order valence-electron chi connectivity index (χ4n) is 1.92. The van der Waals surface area contributed by atoms with Crippen molar-refractivity contribution in [3.05, 3.63) is 65.7 Å². The molecule has 1 unspecified atom stereocenters. The number of hydrogen-bond acceptors (Lipinski definition) is 2. The SMILES string of the molecule is Nc1cccc(C(N)CCc2ccccc2)c1. The molecule has 88 valence electrons. The molecule has 0 bridgehead atoms. The van der Waals surface area contributed by atoms with Crippen molar-refractivity contribution in [1.82, 2.24) is 0 Å². The van der Waals surface area contributed by atoms with Crippen molar-refractivity contribution in [2.45, 2.75) is 18.9 Å². The fraction of sp³-hybridized carbons (Fsp3) is 0.200. The Morgan fingerprint density at radius 1 is 0.941 bits per heavy atom. The number of aryl methyl sites for hydroxylation is 1. The van der Waals surface area contributed by atoms with Crippen molar-refractivity contribution < 1.29 is 0 Å². The van der Waals surface area contributed by atoms with E-state index in [1.165, 1.54) is 5.56 Å². The van der Waals surface area contributed by atoms with Crippen molar-refractivity contribution in [3.63, 3.8) is 0 Å². The molecule has 0 fully saturated rings. The minimum atomic E-state index is 0.0544. The highest BCUT2D eigenvalue weighted by Crippen LogP contribution is 2.18. The van der Waals surface area contributed by atoms with E-state index in [0.717, 1.165) is 24.1 Å². The van der Waals surface area contributed by atoms with Gasteiger partial charge in [-0.25, -0.2) is 0 Å².